The van der Waals surface area contributed by atoms with Gasteiger partial charge in [0.15, 0.2) is 0 Å². The maximum absolute atomic E-state index is 11.1. The molecule has 104 valence electrons. The van der Waals surface area contributed by atoms with Crippen molar-refractivity contribution in [3.8, 4) is 0 Å². The van der Waals surface area contributed by atoms with Crippen LogP contribution in [0.5, 0.6) is 0 Å². The molecule has 0 aliphatic carbocycles. The summed E-state index contributed by atoms with van der Waals surface area (Å²) < 4.78 is 53.7. The van der Waals surface area contributed by atoms with Gasteiger partial charge in [0.1, 0.15) is 0 Å². The molecule has 0 aromatic rings. The Morgan fingerprint density at radius 3 is 1.41 bits per heavy atom. The molecule has 8 heteroatoms. The zero-order valence-corrected chi connectivity index (χ0v) is 11.8. The smallest absolute Gasteiger partial charge is 0.267 e. The molecule has 0 aromatic carbocycles. The van der Waals surface area contributed by atoms with E-state index < -0.39 is 20.2 Å². The molecule has 0 radical (unpaired) electrons. The monoisotopic (exact) mass is 288 g/mol. The predicted octanol–water partition coefficient (Wildman–Crippen LogP) is 0.889. The minimum atomic E-state index is -3.46. The van der Waals surface area contributed by atoms with Gasteiger partial charge in [0.25, 0.3) is 20.2 Å². The Labute approximate surface area is 104 Å². The molecule has 6 nitrogen and oxygen atoms in total. The van der Waals surface area contributed by atoms with Crippen molar-refractivity contribution in [3.05, 3.63) is 0 Å². The molecule has 0 bridgehead atoms. The van der Waals surface area contributed by atoms with Crippen molar-refractivity contribution in [2.75, 3.05) is 24.7 Å². The van der Waals surface area contributed by atoms with Crippen LogP contribution < -0.4 is 0 Å². The van der Waals surface area contributed by atoms with Crippen LogP contribution in [0.15, 0.2) is 0 Å². The minimum absolute atomic E-state index is 0.0258. The van der Waals surface area contributed by atoms with Crippen molar-refractivity contribution in [3.63, 3.8) is 0 Å². The Balaban J connectivity index is 3.74. The van der Waals surface area contributed by atoms with Gasteiger partial charge in [-0.25, -0.2) is 0 Å². The van der Waals surface area contributed by atoms with Crippen molar-refractivity contribution in [2.24, 2.45) is 0 Å². The molecule has 0 N–H and O–H groups in total. The molecule has 0 amide bonds. The van der Waals surface area contributed by atoms with Gasteiger partial charge in [0.05, 0.1) is 24.7 Å². The van der Waals surface area contributed by atoms with Gasteiger partial charge in [0.2, 0.25) is 0 Å². The Morgan fingerprint density at radius 1 is 0.765 bits per heavy atom. The largest absolute Gasteiger partial charge is 0.270 e. The molecule has 0 aromatic heterocycles. The second-order valence-corrected chi connectivity index (χ2v) is 7.04. The van der Waals surface area contributed by atoms with Gasteiger partial charge in [-0.3, -0.25) is 8.37 Å². The summed E-state index contributed by atoms with van der Waals surface area (Å²) >= 11 is 0. The van der Waals surface area contributed by atoms with Crippen LogP contribution in [0.3, 0.4) is 0 Å². The highest BCUT2D eigenvalue weighted by Gasteiger charge is 2.11. The van der Waals surface area contributed by atoms with Crippen LogP contribution >= 0.6 is 0 Å². The molecule has 0 atom stereocenters. The normalized spacial score (nSPS) is 12.8. The third-order valence-electron chi connectivity index (χ3n) is 1.72. The molecule has 0 aliphatic rings. The van der Waals surface area contributed by atoms with Crippen LogP contribution in [0.25, 0.3) is 0 Å². The van der Waals surface area contributed by atoms with E-state index in [9.17, 15) is 16.8 Å². The maximum Gasteiger partial charge on any atom is 0.267 e. The first-order valence-electron chi connectivity index (χ1n) is 5.57. The molecule has 0 unspecified atom stereocenters. The van der Waals surface area contributed by atoms with Gasteiger partial charge >= 0.3 is 0 Å². The van der Waals surface area contributed by atoms with Gasteiger partial charge in [-0.1, -0.05) is 13.8 Å². The summed E-state index contributed by atoms with van der Waals surface area (Å²) in [5.74, 6) is -0.0516. The summed E-state index contributed by atoms with van der Waals surface area (Å²) in [5, 5.41) is 0. The van der Waals surface area contributed by atoms with Gasteiger partial charge < -0.3 is 0 Å². The van der Waals surface area contributed by atoms with Crippen molar-refractivity contribution < 1.29 is 25.2 Å². The molecule has 0 fully saturated rings. The van der Waals surface area contributed by atoms with Gasteiger partial charge in [-0.15, -0.1) is 0 Å². The number of rotatable bonds is 10. The van der Waals surface area contributed by atoms with Gasteiger partial charge in [-0.05, 0) is 19.3 Å². The molecular formula is C9H20O6S2. The van der Waals surface area contributed by atoms with E-state index in [1.165, 1.54) is 0 Å². The fraction of sp³-hybridized carbons (Fsp3) is 1.00. The lowest BCUT2D eigenvalue weighted by Crippen LogP contribution is -2.14. The predicted molar refractivity (Wildman–Crippen MR) is 64.7 cm³/mol. The maximum atomic E-state index is 11.1. The Bertz CT molecular complexity index is 346. The minimum Gasteiger partial charge on any atom is -0.270 e. The van der Waals surface area contributed by atoms with E-state index in [0.717, 1.165) is 0 Å². The van der Waals surface area contributed by atoms with Gasteiger partial charge in [-0.2, -0.15) is 16.8 Å². The fourth-order valence-corrected chi connectivity index (χ4v) is 3.03. The van der Waals surface area contributed by atoms with E-state index >= 15 is 0 Å². The molecule has 0 rings (SSSR count). The lowest BCUT2D eigenvalue weighted by atomic mass is 10.5. The Morgan fingerprint density at radius 2 is 1.12 bits per heavy atom. The fourth-order valence-electron chi connectivity index (χ4n) is 1.05. The van der Waals surface area contributed by atoms with Crippen molar-refractivity contribution >= 4 is 20.2 Å². The van der Waals surface area contributed by atoms with Crippen molar-refractivity contribution in [1.29, 1.82) is 0 Å². The average molecular weight is 288 g/mol. The lowest BCUT2D eigenvalue weighted by Gasteiger charge is -2.05. The van der Waals surface area contributed by atoms with Crippen LogP contribution in [0.1, 0.15) is 33.1 Å². The lowest BCUT2D eigenvalue weighted by molar-refractivity contribution is 0.254. The summed E-state index contributed by atoms with van der Waals surface area (Å²) in [6.45, 7) is 3.37. The van der Waals surface area contributed by atoms with Crippen LogP contribution in [0.4, 0.5) is 0 Å². The Kier molecular flexibility index (Phi) is 7.93. The van der Waals surface area contributed by atoms with Crippen LogP contribution in [0, 0.1) is 0 Å². The molecule has 17 heavy (non-hydrogen) atoms. The zero-order valence-electron chi connectivity index (χ0n) is 10.2. The highest BCUT2D eigenvalue weighted by atomic mass is 32.2. The highest BCUT2D eigenvalue weighted by molar-refractivity contribution is 7.86. The third kappa shape index (κ3) is 9.51. The first kappa shape index (κ1) is 16.8. The first-order valence-corrected chi connectivity index (χ1v) is 8.72. The summed E-state index contributed by atoms with van der Waals surface area (Å²) in [4.78, 5) is 0. The second kappa shape index (κ2) is 8.02. The quantitative estimate of drug-likeness (QED) is 0.438. The molecule has 0 saturated carbocycles. The Hall–Kier alpha value is -0.180. The SMILES string of the molecule is CCCS(=O)(=O)OCCCOS(=O)(=O)CCC. The summed E-state index contributed by atoms with van der Waals surface area (Å²) in [6, 6.07) is 0. The van der Waals surface area contributed by atoms with E-state index in [1.807, 2.05) is 0 Å². The standard InChI is InChI=1S/C9H20O6S2/c1-3-8-16(10,11)14-6-5-7-15-17(12,13)9-4-2/h3-9H2,1-2H3. The molecule has 0 spiro atoms. The molecule has 0 aliphatic heterocycles. The molecule has 0 saturated heterocycles. The van der Waals surface area contributed by atoms with E-state index in [2.05, 4.69) is 8.37 Å². The summed E-state index contributed by atoms with van der Waals surface area (Å²) in [5.41, 5.74) is 0. The zero-order chi connectivity index (χ0) is 13.4. The third-order valence-corrected chi connectivity index (χ3v) is 4.59. The van der Waals surface area contributed by atoms with Crippen molar-refractivity contribution in [1.82, 2.24) is 0 Å². The van der Waals surface area contributed by atoms with E-state index in [-0.39, 0.29) is 31.1 Å². The summed E-state index contributed by atoms with van der Waals surface area (Å²) in [6.07, 6.45) is 1.21. The number of hydrogen-bond acceptors (Lipinski definition) is 6. The molecular weight excluding hydrogens is 268 g/mol. The first-order chi connectivity index (χ1) is 7.83. The van der Waals surface area contributed by atoms with E-state index in [0.29, 0.717) is 12.8 Å². The van der Waals surface area contributed by atoms with Gasteiger partial charge in [0, 0.05) is 0 Å². The van der Waals surface area contributed by atoms with E-state index in [4.69, 9.17) is 0 Å². The number of hydrogen-bond donors (Lipinski definition) is 0. The average Bonchev–Trinajstić information content (AvgIpc) is 2.16. The second-order valence-electron chi connectivity index (χ2n) is 3.52. The molecule has 0 heterocycles. The summed E-state index contributed by atoms with van der Waals surface area (Å²) in [7, 11) is -6.93. The van der Waals surface area contributed by atoms with E-state index in [1.54, 1.807) is 13.8 Å². The van der Waals surface area contributed by atoms with Crippen LogP contribution in [-0.2, 0) is 28.6 Å². The van der Waals surface area contributed by atoms with Crippen LogP contribution in [-0.4, -0.2) is 41.6 Å². The van der Waals surface area contributed by atoms with Crippen molar-refractivity contribution in [2.45, 2.75) is 33.1 Å². The highest BCUT2D eigenvalue weighted by Crippen LogP contribution is 2.00. The van der Waals surface area contributed by atoms with Crippen LogP contribution in [0.2, 0.25) is 0 Å². The topological polar surface area (TPSA) is 86.7 Å².